The van der Waals surface area contributed by atoms with Crippen LogP contribution >= 0.6 is 11.3 Å². The lowest BCUT2D eigenvalue weighted by atomic mass is 9.80. The number of sulfonamides is 1. The Bertz CT molecular complexity index is 940. The molecule has 0 aromatic carbocycles. The van der Waals surface area contributed by atoms with E-state index in [1.807, 2.05) is 21.7 Å². The fourth-order valence-corrected chi connectivity index (χ4v) is 5.84. The topological polar surface area (TPSA) is 105 Å². The first kappa shape index (κ1) is 18.6. The number of hydrogen-bond acceptors (Lipinski definition) is 7. The van der Waals surface area contributed by atoms with Crippen LogP contribution in [0, 0.1) is 12.8 Å². The van der Waals surface area contributed by atoms with E-state index in [1.54, 1.807) is 13.8 Å². The normalized spacial score (nSPS) is 27.9. The van der Waals surface area contributed by atoms with Crippen LogP contribution in [-0.4, -0.2) is 54.2 Å². The average molecular weight is 411 g/mol. The molecule has 3 atom stereocenters. The Balaban J connectivity index is 1.62. The minimum absolute atomic E-state index is 0.00745. The molecule has 1 aliphatic carbocycles. The second kappa shape index (κ2) is 6.68. The number of aromatic nitrogens is 2. The maximum absolute atomic E-state index is 12.8. The molecule has 146 valence electrons. The summed E-state index contributed by atoms with van der Waals surface area (Å²) < 4.78 is 32.3. The third kappa shape index (κ3) is 3.30. The smallest absolute Gasteiger partial charge is 0.254 e. The Kier molecular flexibility index (Phi) is 4.59. The van der Waals surface area contributed by atoms with Crippen molar-refractivity contribution in [1.29, 1.82) is 0 Å². The minimum Gasteiger partial charge on any atom is -0.339 e. The maximum atomic E-state index is 12.8. The van der Waals surface area contributed by atoms with Gasteiger partial charge in [0, 0.05) is 24.5 Å². The highest BCUT2D eigenvalue weighted by Crippen LogP contribution is 2.50. The van der Waals surface area contributed by atoms with Crippen LogP contribution in [0.5, 0.6) is 0 Å². The summed E-state index contributed by atoms with van der Waals surface area (Å²) in [5, 5.41) is 7.66. The van der Waals surface area contributed by atoms with Gasteiger partial charge < -0.3 is 9.42 Å². The Morgan fingerprint density at radius 2 is 2.33 bits per heavy atom. The molecule has 1 saturated carbocycles. The number of rotatable bonds is 5. The van der Waals surface area contributed by atoms with Crippen LogP contribution < -0.4 is 4.72 Å². The Morgan fingerprint density at radius 3 is 2.96 bits per heavy atom. The number of likely N-dealkylation sites (tertiary alicyclic amines) is 1. The number of amides is 1. The maximum Gasteiger partial charge on any atom is 0.254 e. The molecule has 2 aromatic heterocycles. The third-order valence-electron chi connectivity index (χ3n) is 5.61. The largest absolute Gasteiger partial charge is 0.339 e. The van der Waals surface area contributed by atoms with Gasteiger partial charge >= 0.3 is 0 Å². The van der Waals surface area contributed by atoms with Crippen molar-refractivity contribution in [2.75, 3.05) is 18.8 Å². The van der Waals surface area contributed by atoms with E-state index in [4.69, 9.17) is 4.52 Å². The number of nitrogens with one attached hydrogen (secondary N) is 1. The molecule has 8 nitrogen and oxygen atoms in total. The van der Waals surface area contributed by atoms with Crippen molar-refractivity contribution in [2.45, 2.75) is 38.1 Å². The van der Waals surface area contributed by atoms with Gasteiger partial charge in [0.1, 0.15) is 0 Å². The summed E-state index contributed by atoms with van der Waals surface area (Å²) in [7, 11) is -3.30. The van der Waals surface area contributed by atoms with Gasteiger partial charge in [-0.3, -0.25) is 4.79 Å². The van der Waals surface area contributed by atoms with E-state index in [0.29, 0.717) is 43.2 Å². The molecule has 0 bridgehead atoms. The molecule has 2 aliphatic rings. The van der Waals surface area contributed by atoms with E-state index in [2.05, 4.69) is 14.9 Å². The van der Waals surface area contributed by atoms with Crippen molar-refractivity contribution in [3.63, 3.8) is 0 Å². The van der Waals surface area contributed by atoms with Gasteiger partial charge in [0.25, 0.3) is 5.91 Å². The van der Waals surface area contributed by atoms with Crippen LogP contribution in [0.15, 0.2) is 21.3 Å². The monoisotopic (exact) mass is 410 g/mol. The molecule has 27 heavy (non-hydrogen) atoms. The van der Waals surface area contributed by atoms with Crippen molar-refractivity contribution < 1.29 is 17.7 Å². The van der Waals surface area contributed by atoms with Crippen molar-refractivity contribution in [3.8, 4) is 0 Å². The second-order valence-electron chi connectivity index (χ2n) is 7.36. The zero-order chi connectivity index (χ0) is 19.2. The Morgan fingerprint density at radius 1 is 1.52 bits per heavy atom. The minimum atomic E-state index is -3.30. The number of carbonyl (C=O) groups excluding carboxylic acids is 1. The molecule has 0 radical (unpaired) electrons. The molecule has 4 rings (SSSR count). The lowest BCUT2D eigenvalue weighted by Crippen LogP contribution is -2.39. The first-order valence-corrected chi connectivity index (χ1v) is 11.5. The zero-order valence-corrected chi connectivity index (χ0v) is 16.8. The second-order valence-corrected chi connectivity index (χ2v) is 10.2. The van der Waals surface area contributed by atoms with Gasteiger partial charge in [0.15, 0.2) is 5.82 Å². The van der Waals surface area contributed by atoms with E-state index >= 15 is 0 Å². The van der Waals surface area contributed by atoms with Crippen LogP contribution in [0.3, 0.4) is 0 Å². The first-order chi connectivity index (χ1) is 12.8. The van der Waals surface area contributed by atoms with Gasteiger partial charge in [-0.15, -0.1) is 0 Å². The number of carbonyl (C=O) groups is 1. The van der Waals surface area contributed by atoms with Crippen molar-refractivity contribution >= 4 is 27.3 Å². The molecule has 2 aromatic rings. The van der Waals surface area contributed by atoms with E-state index in [-0.39, 0.29) is 23.6 Å². The van der Waals surface area contributed by atoms with E-state index in [9.17, 15) is 13.2 Å². The molecule has 1 N–H and O–H groups in total. The van der Waals surface area contributed by atoms with E-state index in [1.165, 1.54) is 11.3 Å². The van der Waals surface area contributed by atoms with Crippen LogP contribution in [0.1, 0.15) is 41.8 Å². The fraction of sp³-hybridized carbons (Fsp3) is 0.588. The van der Waals surface area contributed by atoms with E-state index < -0.39 is 15.4 Å². The van der Waals surface area contributed by atoms with Crippen molar-refractivity contribution in [2.24, 2.45) is 5.92 Å². The fourth-order valence-electron chi connectivity index (χ4n) is 4.35. The summed E-state index contributed by atoms with van der Waals surface area (Å²) in [6.45, 7) is 4.39. The summed E-state index contributed by atoms with van der Waals surface area (Å²) in [6.07, 6.45) is 1.19. The highest BCUT2D eigenvalue weighted by molar-refractivity contribution is 7.89. The van der Waals surface area contributed by atoms with E-state index in [0.717, 1.165) is 0 Å². The van der Waals surface area contributed by atoms with Gasteiger partial charge in [0.2, 0.25) is 15.9 Å². The first-order valence-electron chi connectivity index (χ1n) is 8.95. The highest BCUT2D eigenvalue weighted by Gasteiger charge is 2.58. The summed E-state index contributed by atoms with van der Waals surface area (Å²) in [5.41, 5.74) is 0.175. The Hall–Kier alpha value is -1.78. The van der Waals surface area contributed by atoms with Gasteiger partial charge in [-0.2, -0.15) is 16.3 Å². The van der Waals surface area contributed by atoms with Gasteiger partial charge in [-0.25, -0.2) is 13.1 Å². The molecule has 1 aliphatic heterocycles. The standard InChI is InChI=1S/C17H22N4O4S2/c1-3-27(23,24)20-14-6-13-8-21(15(22)12-4-5-26-9-12)10-17(13,7-14)16-18-11(2)19-25-16/h4-5,9,13-14,20H,3,6-8,10H2,1-2H3/t13-,14+,17-/m0/s1. The van der Waals surface area contributed by atoms with Crippen LogP contribution in [0.2, 0.25) is 0 Å². The van der Waals surface area contributed by atoms with Gasteiger partial charge in [-0.1, -0.05) is 5.16 Å². The summed E-state index contributed by atoms with van der Waals surface area (Å²) in [6, 6.07) is 1.63. The molecule has 2 fully saturated rings. The summed E-state index contributed by atoms with van der Waals surface area (Å²) in [4.78, 5) is 19.1. The predicted molar refractivity (Wildman–Crippen MR) is 100 cm³/mol. The van der Waals surface area contributed by atoms with Gasteiger partial charge in [-0.05, 0) is 44.1 Å². The number of thiophene rings is 1. The molecule has 0 unspecified atom stereocenters. The highest BCUT2D eigenvalue weighted by atomic mass is 32.2. The van der Waals surface area contributed by atoms with Crippen LogP contribution in [0.4, 0.5) is 0 Å². The van der Waals surface area contributed by atoms with Crippen molar-refractivity contribution in [3.05, 3.63) is 34.1 Å². The number of nitrogens with zero attached hydrogens (tertiary/aromatic N) is 3. The predicted octanol–water partition coefficient (Wildman–Crippen LogP) is 1.55. The molecular formula is C17H22N4O4S2. The molecule has 1 amide bonds. The third-order valence-corrected chi connectivity index (χ3v) is 7.75. The average Bonchev–Trinajstić information content (AvgIpc) is 3.36. The lowest BCUT2D eigenvalue weighted by molar-refractivity contribution is 0.0774. The quantitative estimate of drug-likeness (QED) is 0.802. The number of hydrogen-bond donors (Lipinski definition) is 1. The SMILES string of the molecule is CCS(=O)(=O)N[C@@H]1C[C@H]2CN(C(=O)c3ccsc3)C[C@@]2(c2nc(C)no2)C1. The van der Waals surface area contributed by atoms with Crippen LogP contribution in [0.25, 0.3) is 0 Å². The molecular weight excluding hydrogens is 388 g/mol. The van der Waals surface area contributed by atoms with Crippen LogP contribution in [-0.2, 0) is 15.4 Å². The van der Waals surface area contributed by atoms with Crippen molar-refractivity contribution in [1.82, 2.24) is 19.8 Å². The molecule has 1 saturated heterocycles. The molecule has 10 heteroatoms. The lowest BCUT2D eigenvalue weighted by Gasteiger charge is -2.25. The number of aryl methyl sites for hydroxylation is 1. The number of fused-ring (bicyclic) bond motifs is 1. The van der Waals surface area contributed by atoms with Gasteiger partial charge in [0.05, 0.1) is 16.7 Å². The zero-order valence-electron chi connectivity index (χ0n) is 15.2. The summed E-state index contributed by atoms with van der Waals surface area (Å²) >= 11 is 1.49. The molecule has 0 spiro atoms. The Labute approximate surface area is 162 Å². The molecule has 3 heterocycles. The summed E-state index contributed by atoms with van der Waals surface area (Å²) in [5.74, 6) is 1.16.